The first-order valence-corrected chi connectivity index (χ1v) is 10.7. The number of amides is 2. The molecule has 2 N–H and O–H groups in total. The van der Waals surface area contributed by atoms with Gasteiger partial charge in [0, 0.05) is 13.0 Å². The summed E-state index contributed by atoms with van der Waals surface area (Å²) < 4.78 is 0.391. The van der Waals surface area contributed by atoms with Crippen molar-refractivity contribution >= 4 is 57.8 Å². The third-order valence-corrected chi connectivity index (χ3v) is 5.80. The van der Waals surface area contributed by atoms with Crippen LogP contribution in [0.2, 0.25) is 0 Å². The first-order chi connectivity index (χ1) is 14.8. The minimum Gasteiger partial charge on any atom is -0.478 e. The maximum Gasteiger partial charge on any atom is 0.337 e. The van der Waals surface area contributed by atoms with Crippen molar-refractivity contribution in [2.75, 3.05) is 11.9 Å². The van der Waals surface area contributed by atoms with Crippen molar-refractivity contribution in [1.29, 1.82) is 0 Å². The highest BCUT2D eigenvalue weighted by Crippen LogP contribution is 2.32. The lowest BCUT2D eigenvalue weighted by molar-refractivity contribution is -0.122. The fourth-order valence-electron chi connectivity index (χ4n) is 2.96. The molecule has 0 unspecified atom stereocenters. The maximum atomic E-state index is 12.7. The third-order valence-electron chi connectivity index (χ3n) is 4.42. The van der Waals surface area contributed by atoms with E-state index < -0.39 is 11.9 Å². The van der Waals surface area contributed by atoms with Crippen LogP contribution in [0, 0.1) is 0 Å². The van der Waals surface area contributed by atoms with Gasteiger partial charge in [0.2, 0.25) is 5.91 Å². The minimum absolute atomic E-state index is 0.00470. The van der Waals surface area contributed by atoms with E-state index in [1.54, 1.807) is 18.2 Å². The van der Waals surface area contributed by atoms with Gasteiger partial charge in [-0.2, -0.15) is 0 Å². The topological polar surface area (TPSA) is 86.7 Å². The van der Waals surface area contributed by atoms with Gasteiger partial charge in [0.15, 0.2) is 0 Å². The number of carbonyl (C=O) groups is 3. The van der Waals surface area contributed by atoms with Gasteiger partial charge in [-0.25, -0.2) is 4.79 Å². The SMILES string of the molecule is CC(=C/c1ccccc1)/C=C1\SC(=S)N(CCC(=O)Nc2ccccc2C(=O)O)C1=O. The second-order valence-electron chi connectivity index (χ2n) is 6.78. The molecule has 1 heterocycles. The Morgan fingerprint density at radius 1 is 1.13 bits per heavy atom. The molecule has 2 aromatic rings. The summed E-state index contributed by atoms with van der Waals surface area (Å²) in [5, 5.41) is 11.8. The monoisotopic (exact) mass is 452 g/mol. The molecule has 0 aromatic heterocycles. The quantitative estimate of drug-likeness (QED) is 0.473. The summed E-state index contributed by atoms with van der Waals surface area (Å²) in [6.45, 7) is 2.03. The number of hydrogen-bond donors (Lipinski definition) is 2. The summed E-state index contributed by atoms with van der Waals surface area (Å²) in [4.78, 5) is 38.2. The number of thiocarbonyl (C=S) groups is 1. The van der Waals surface area contributed by atoms with Crippen molar-refractivity contribution < 1.29 is 19.5 Å². The van der Waals surface area contributed by atoms with Crippen LogP contribution in [0.5, 0.6) is 0 Å². The molecule has 1 aliphatic heterocycles. The van der Waals surface area contributed by atoms with E-state index in [1.165, 1.54) is 28.8 Å². The first-order valence-electron chi connectivity index (χ1n) is 9.46. The van der Waals surface area contributed by atoms with Gasteiger partial charge in [-0.1, -0.05) is 72.5 Å². The van der Waals surface area contributed by atoms with E-state index in [2.05, 4.69) is 5.32 Å². The number of nitrogens with one attached hydrogen (secondary N) is 1. The molecule has 158 valence electrons. The van der Waals surface area contributed by atoms with E-state index in [-0.39, 0.29) is 30.1 Å². The molecule has 0 spiro atoms. The van der Waals surface area contributed by atoms with Crippen molar-refractivity contribution in [2.24, 2.45) is 0 Å². The number of para-hydroxylation sites is 1. The Bertz CT molecular complexity index is 1090. The van der Waals surface area contributed by atoms with E-state index in [1.807, 2.05) is 43.3 Å². The Labute approximate surface area is 189 Å². The molecule has 2 aromatic carbocycles. The molecule has 6 nitrogen and oxygen atoms in total. The highest BCUT2D eigenvalue weighted by molar-refractivity contribution is 8.26. The molecular weight excluding hydrogens is 432 g/mol. The average Bonchev–Trinajstić information content (AvgIpc) is 2.99. The average molecular weight is 453 g/mol. The van der Waals surface area contributed by atoms with Crippen LogP contribution in [-0.2, 0) is 9.59 Å². The lowest BCUT2D eigenvalue weighted by Crippen LogP contribution is -2.31. The smallest absolute Gasteiger partial charge is 0.337 e. The van der Waals surface area contributed by atoms with E-state index >= 15 is 0 Å². The van der Waals surface area contributed by atoms with Crippen molar-refractivity contribution in [3.05, 3.63) is 82.3 Å². The van der Waals surface area contributed by atoms with Gasteiger partial charge in [-0.3, -0.25) is 14.5 Å². The van der Waals surface area contributed by atoms with E-state index in [4.69, 9.17) is 12.2 Å². The summed E-state index contributed by atoms with van der Waals surface area (Å²) >= 11 is 6.51. The number of allylic oxidation sites excluding steroid dienone is 2. The third kappa shape index (κ3) is 5.90. The number of carboxylic acids is 1. The van der Waals surface area contributed by atoms with Gasteiger partial charge in [-0.15, -0.1) is 0 Å². The molecule has 0 saturated carbocycles. The van der Waals surface area contributed by atoms with Crippen LogP contribution in [0.3, 0.4) is 0 Å². The molecule has 0 atom stereocenters. The predicted molar refractivity (Wildman–Crippen MR) is 127 cm³/mol. The fourth-order valence-corrected chi connectivity index (χ4v) is 4.32. The molecule has 1 aliphatic rings. The van der Waals surface area contributed by atoms with E-state index in [0.717, 1.165) is 11.1 Å². The Kier molecular flexibility index (Phi) is 7.38. The largest absolute Gasteiger partial charge is 0.478 e. The number of aromatic carboxylic acids is 1. The van der Waals surface area contributed by atoms with Crippen molar-refractivity contribution in [3.63, 3.8) is 0 Å². The Morgan fingerprint density at radius 3 is 2.52 bits per heavy atom. The zero-order valence-corrected chi connectivity index (χ0v) is 18.3. The van der Waals surface area contributed by atoms with Crippen LogP contribution in [0.4, 0.5) is 5.69 Å². The van der Waals surface area contributed by atoms with E-state index in [9.17, 15) is 19.5 Å². The van der Waals surface area contributed by atoms with Crippen LogP contribution in [0.15, 0.2) is 71.2 Å². The van der Waals surface area contributed by atoms with Crippen molar-refractivity contribution in [1.82, 2.24) is 4.90 Å². The molecule has 31 heavy (non-hydrogen) atoms. The number of rotatable bonds is 7. The molecule has 0 bridgehead atoms. The number of carbonyl (C=O) groups excluding carboxylic acids is 2. The highest BCUT2D eigenvalue weighted by Gasteiger charge is 2.32. The lowest BCUT2D eigenvalue weighted by Gasteiger charge is -2.14. The predicted octanol–water partition coefficient (Wildman–Crippen LogP) is 4.56. The normalized spacial score (nSPS) is 15.5. The zero-order valence-electron chi connectivity index (χ0n) is 16.7. The first kappa shape index (κ1) is 22.5. The highest BCUT2D eigenvalue weighted by atomic mass is 32.2. The molecule has 8 heteroatoms. The number of thioether (sulfide) groups is 1. The molecule has 0 aliphatic carbocycles. The van der Waals surface area contributed by atoms with Crippen LogP contribution >= 0.6 is 24.0 Å². The number of hydrogen-bond acceptors (Lipinski definition) is 5. The fraction of sp³-hybridized carbons (Fsp3) is 0.130. The lowest BCUT2D eigenvalue weighted by atomic mass is 10.1. The van der Waals surface area contributed by atoms with Gasteiger partial charge >= 0.3 is 5.97 Å². The Hall–Kier alpha value is -3.23. The second-order valence-corrected chi connectivity index (χ2v) is 8.46. The maximum absolute atomic E-state index is 12.7. The van der Waals surface area contributed by atoms with Crippen molar-refractivity contribution in [2.45, 2.75) is 13.3 Å². The van der Waals surface area contributed by atoms with Gasteiger partial charge in [0.25, 0.3) is 5.91 Å². The number of benzene rings is 2. The summed E-state index contributed by atoms with van der Waals surface area (Å²) in [6.07, 6.45) is 3.75. The molecule has 0 radical (unpaired) electrons. The molecule has 1 fully saturated rings. The van der Waals surface area contributed by atoms with Gasteiger partial charge in [-0.05, 0) is 36.3 Å². The van der Waals surface area contributed by atoms with Gasteiger partial charge < -0.3 is 10.4 Å². The minimum atomic E-state index is -1.13. The molecular formula is C23H20N2O4S2. The number of nitrogens with zero attached hydrogens (tertiary/aromatic N) is 1. The molecule has 1 saturated heterocycles. The standard InChI is InChI=1S/C23H20N2O4S2/c1-15(13-16-7-3-2-4-8-16)14-19-21(27)25(23(30)31-19)12-11-20(26)24-18-10-6-5-9-17(18)22(28)29/h2-10,13-14H,11-12H2,1H3,(H,24,26)(H,28,29)/b15-13-,19-14-. The molecule has 3 rings (SSSR count). The summed E-state index contributed by atoms with van der Waals surface area (Å²) in [5.41, 5.74) is 2.16. The number of anilines is 1. The van der Waals surface area contributed by atoms with Gasteiger partial charge in [0.05, 0.1) is 16.2 Å². The van der Waals surface area contributed by atoms with Gasteiger partial charge in [0.1, 0.15) is 4.32 Å². The van der Waals surface area contributed by atoms with Crippen LogP contribution in [-0.4, -0.2) is 38.7 Å². The van der Waals surface area contributed by atoms with Crippen molar-refractivity contribution in [3.8, 4) is 0 Å². The van der Waals surface area contributed by atoms with E-state index in [0.29, 0.717) is 9.23 Å². The van der Waals surface area contributed by atoms with Crippen LogP contribution in [0.1, 0.15) is 29.3 Å². The van der Waals surface area contributed by atoms with Crippen LogP contribution in [0.25, 0.3) is 6.08 Å². The summed E-state index contributed by atoms with van der Waals surface area (Å²) in [5.74, 6) is -1.77. The summed E-state index contributed by atoms with van der Waals surface area (Å²) in [7, 11) is 0. The molecule has 2 amide bonds. The zero-order chi connectivity index (χ0) is 22.4. The number of carboxylic acid groups (broad SMARTS) is 1. The second kappa shape index (κ2) is 10.2. The summed E-state index contributed by atoms with van der Waals surface area (Å²) in [6, 6.07) is 15.9. The Morgan fingerprint density at radius 2 is 1.81 bits per heavy atom. The van der Waals surface area contributed by atoms with Crippen LogP contribution < -0.4 is 5.32 Å². The Balaban J connectivity index is 1.62.